The van der Waals surface area contributed by atoms with E-state index in [1.807, 2.05) is 11.0 Å². The van der Waals surface area contributed by atoms with E-state index < -0.39 is 0 Å². The average Bonchev–Trinajstić information content (AvgIpc) is 3.55. The molecule has 1 saturated carbocycles. The number of hydrogen-bond donors (Lipinski definition) is 1. The van der Waals surface area contributed by atoms with Crippen molar-refractivity contribution in [3.63, 3.8) is 0 Å². The van der Waals surface area contributed by atoms with E-state index >= 15 is 0 Å². The van der Waals surface area contributed by atoms with Crippen LogP contribution in [0.4, 0.5) is 5.82 Å². The first-order valence-electron chi connectivity index (χ1n) is 12.5. The summed E-state index contributed by atoms with van der Waals surface area (Å²) < 4.78 is 2.43. The van der Waals surface area contributed by atoms with E-state index in [0.29, 0.717) is 18.3 Å². The van der Waals surface area contributed by atoms with Crippen LogP contribution in [-0.4, -0.2) is 58.5 Å². The highest BCUT2D eigenvalue weighted by Crippen LogP contribution is 2.37. The number of fused-ring (bicyclic) bond motifs is 1. The lowest BCUT2D eigenvalue weighted by molar-refractivity contribution is 0.0394. The highest BCUT2D eigenvalue weighted by molar-refractivity contribution is 6.01. The lowest BCUT2D eigenvalue weighted by atomic mass is 10.0. The van der Waals surface area contributed by atoms with Crippen molar-refractivity contribution in [2.75, 3.05) is 32.5 Å². The predicted octanol–water partition coefficient (Wildman–Crippen LogP) is 4.68. The second kappa shape index (κ2) is 8.73. The molecule has 0 spiro atoms. The molecule has 1 aliphatic carbocycles. The van der Waals surface area contributed by atoms with E-state index in [0.717, 1.165) is 42.3 Å². The molecule has 2 aliphatic rings. The van der Waals surface area contributed by atoms with Gasteiger partial charge in [0, 0.05) is 43.3 Å². The first kappa shape index (κ1) is 22.9. The second-order valence-electron chi connectivity index (χ2n) is 10.6. The van der Waals surface area contributed by atoms with Gasteiger partial charge in [-0.15, -0.1) is 0 Å². The van der Waals surface area contributed by atoms with Gasteiger partial charge >= 0.3 is 0 Å². The molecule has 5 rings (SSSR count). The Morgan fingerprint density at radius 2 is 1.79 bits per heavy atom. The van der Waals surface area contributed by atoms with Gasteiger partial charge in [-0.2, -0.15) is 0 Å². The Morgan fingerprint density at radius 3 is 2.41 bits per heavy atom. The van der Waals surface area contributed by atoms with Crippen LogP contribution in [0.1, 0.15) is 51.3 Å². The number of aromatic nitrogens is 2. The van der Waals surface area contributed by atoms with Gasteiger partial charge in [0.25, 0.3) is 5.91 Å². The quantitative estimate of drug-likeness (QED) is 0.558. The monoisotopic (exact) mass is 459 g/mol. The molecule has 0 bridgehead atoms. The van der Waals surface area contributed by atoms with Crippen molar-refractivity contribution in [3.05, 3.63) is 57.9 Å². The Morgan fingerprint density at radius 1 is 1.12 bits per heavy atom. The van der Waals surface area contributed by atoms with Crippen molar-refractivity contribution in [2.24, 2.45) is 5.92 Å². The third kappa shape index (κ3) is 4.09. The van der Waals surface area contributed by atoms with Gasteiger partial charge < -0.3 is 19.7 Å². The molecule has 34 heavy (non-hydrogen) atoms. The fourth-order valence-electron chi connectivity index (χ4n) is 5.09. The van der Waals surface area contributed by atoms with Gasteiger partial charge in [0.1, 0.15) is 5.69 Å². The highest BCUT2D eigenvalue weighted by Gasteiger charge is 2.34. The van der Waals surface area contributed by atoms with Crippen molar-refractivity contribution in [2.45, 2.75) is 59.7 Å². The Labute approximate surface area is 203 Å². The van der Waals surface area contributed by atoms with E-state index in [1.165, 1.54) is 40.8 Å². The molecule has 0 unspecified atom stereocenters. The third-order valence-corrected chi connectivity index (χ3v) is 7.93. The number of amides is 1. The summed E-state index contributed by atoms with van der Waals surface area (Å²) in [6.45, 7) is 11.9. The number of aryl methyl sites for hydroxylation is 3. The van der Waals surface area contributed by atoms with E-state index in [9.17, 15) is 4.79 Å². The molecule has 6 heteroatoms. The maximum atomic E-state index is 13.4. The molecule has 1 amide bonds. The Kier molecular flexibility index (Phi) is 5.88. The molecule has 0 atom stereocenters. The molecule has 2 fully saturated rings. The minimum atomic E-state index is 0.0297. The number of carbonyl (C=O) groups is 1. The van der Waals surface area contributed by atoms with Crippen molar-refractivity contribution in [1.82, 2.24) is 19.4 Å². The maximum Gasteiger partial charge on any atom is 0.272 e. The van der Waals surface area contributed by atoms with Crippen LogP contribution in [0.2, 0.25) is 0 Å². The molecule has 1 aliphatic heterocycles. The molecular formula is C28H37N5O. The largest absolute Gasteiger partial charge is 0.364 e. The molecular weight excluding hydrogens is 422 g/mol. The number of pyridine rings is 1. The summed E-state index contributed by atoms with van der Waals surface area (Å²) in [5.41, 5.74) is 8.04. The fraction of sp³-hybridized carbons (Fsp3) is 0.500. The van der Waals surface area contributed by atoms with Crippen LogP contribution in [0, 0.1) is 33.6 Å². The lowest BCUT2D eigenvalue weighted by Crippen LogP contribution is -2.59. The van der Waals surface area contributed by atoms with Crippen LogP contribution in [0.25, 0.3) is 10.9 Å². The lowest BCUT2D eigenvalue weighted by Gasteiger charge is -2.42. The summed E-state index contributed by atoms with van der Waals surface area (Å²) in [5.74, 6) is 1.61. The van der Waals surface area contributed by atoms with E-state index in [4.69, 9.17) is 4.98 Å². The van der Waals surface area contributed by atoms with E-state index in [-0.39, 0.29) is 5.91 Å². The fourth-order valence-corrected chi connectivity index (χ4v) is 5.09. The number of benzene rings is 1. The summed E-state index contributed by atoms with van der Waals surface area (Å²) in [6, 6.07) is 8.87. The number of likely N-dealkylation sites (N-methyl/N-ethyl adjacent to an activating group) is 1. The van der Waals surface area contributed by atoms with Gasteiger partial charge in [0.2, 0.25) is 0 Å². The van der Waals surface area contributed by atoms with Crippen LogP contribution in [0.15, 0.2) is 24.3 Å². The van der Waals surface area contributed by atoms with Crippen LogP contribution in [0.5, 0.6) is 0 Å². The zero-order valence-electron chi connectivity index (χ0n) is 21.4. The standard InChI is InChI=1S/C28H37N5O/c1-17-8-7-9-18(2)24(17)13-29-27-26-23(19(3)20(4)33(26)14-21-10-11-21)12-25(30-27)28(34)32-15-22(16-32)31(5)6/h7-9,12,21-22H,10-11,13-16H2,1-6H3,(H,29,30). The molecule has 6 nitrogen and oxygen atoms in total. The number of nitrogens with zero attached hydrogens (tertiary/aromatic N) is 4. The topological polar surface area (TPSA) is 53.4 Å². The number of rotatable bonds is 7. The second-order valence-corrected chi connectivity index (χ2v) is 10.6. The van der Waals surface area contributed by atoms with Gasteiger partial charge in [-0.1, -0.05) is 18.2 Å². The summed E-state index contributed by atoms with van der Waals surface area (Å²) in [7, 11) is 4.14. The molecule has 180 valence electrons. The van der Waals surface area contributed by atoms with Crippen LogP contribution >= 0.6 is 0 Å². The van der Waals surface area contributed by atoms with Gasteiger partial charge in [-0.3, -0.25) is 4.79 Å². The molecule has 1 N–H and O–H groups in total. The van der Waals surface area contributed by atoms with Crippen LogP contribution in [0.3, 0.4) is 0 Å². The SMILES string of the molecule is Cc1cccc(C)c1CNc1nc(C(=O)N2CC(N(C)C)C2)cc2c(C)c(C)n(CC3CC3)c12. The first-order valence-corrected chi connectivity index (χ1v) is 12.5. The number of hydrogen-bond acceptors (Lipinski definition) is 4. The normalized spacial score (nSPS) is 16.4. The van der Waals surface area contributed by atoms with Gasteiger partial charge in [-0.25, -0.2) is 4.98 Å². The summed E-state index contributed by atoms with van der Waals surface area (Å²) in [5, 5.41) is 4.79. The van der Waals surface area contributed by atoms with Gasteiger partial charge in [0.15, 0.2) is 5.82 Å². The summed E-state index contributed by atoms with van der Waals surface area (Å²) >= 11 is 0. The molecule has 1 aromatic carbocycles. The average molecular weight is 460 g/mol. The zero-order valence-corrected chi connectivity index (χ0v) is 21.4. The molecule has 1 saturated heterocycles. The number of likely N-dealkylation sites (tertiary alicyclic amines) is 1. The molecule has 3 aromatic rings. The van der Waals surface area contributed by atoms with E-state index in [1.54, 1.807) is 0 Å². The zero-order chi connectivity index (χ0) is 24.1. The third-order valence-electron chi connectivity index (χ3n) is 7.93. The van der Waals surface area contributed by atoms with Crippen molar-refractivity contribution in [3.8, 4) is 0 Å². The van der Waals surface area contributed by atoms with Gasteiger partial charge in [0.05, 0.1) is 5.52 Å². The van der Waals surface area contributed by atoms with Gasteiger partial charge in [-0.05, 0) is 88.9 Å². The van der Waals surface area contributed by atoms with Crippen molar-refractivity contribution < 1.29 is 4.79 Å². The Hall–Kier alpha value is -2.86. The summed E-state index contributed by atoms with van der Waals surface area (Å²) in [4.78, 5) is 22.4. The predicted molar refractivity (Wildman–Crippen MR) is 139 cm³/mol. The molecule has 0 radical (unpaired) electrons. The number of anilines is 1. The summed E-state index contributed by atoms with van der Waals surface area (Å²) in [6.07, 6.45) is 2.60. The van der Waals surface area contributed by atoms with Crippen molar-refractivity contribution >= 4 is 22.6 Å². The molecule has 2 aromatic heterocycles. The van der Waals surface area contributed by atoms with Crippen molar-refractivity contribution in [1.29, 1.82) is 0 Å². The minimum Gasteiger partial charge on any atom is -0.364 e. The highest BCUT2D eigenvalue weighted by atomic mass is 16.2. The van der Waals surface area contributed by atoms with Crippen LogP contribution < -0.4 is 5.32 Å². The number of nitrogens with one attached hydrogen (secondary N) is 1. The van der Waals surface area contributed by atoms with E-state index in [2.05, 4.69) is 74.8 Å². The Balaban J connectivity index is 1.54. The number of carbonyl (C=O) groups excluding carboxylic acids is 1. The first-order chi connectivity index (χ1) is 16.2. The van der Waals surface area contributed by atoms with Crippen LogP contribution in [-0.2, 0) is 13.1 Å². The smallest absolute Gasteiger partial charge is 0.272 e. The molecule has 3 heterocycles. The minimum absolute atomic E-state index is 0.0297. The Bertz CT molecular complexity index is 1230. The maximum absolute atomic E-state index is 13.4.